The first-order chi connectivity index (χ1) is 9.08. The van der Waals surface area contributed by atoms with Crippen molar-refractivity contribution in [3.63, 3.8) is 0 Å². The van der Waals surface area contributed by atoms with Gasteiger partial charge in [0, 0.05) is 6.04 Å². The van der Waals surface area contributed by atoms with Gasteiger partial charge >= 0.3 is 6.03 Å². The van der Waals surface area contributed by atoms with Gasteiger partial charge in [0.05, 0.1) is 6.10 Å². The quantitative estimate of drug-likeness (QED) is 0.777. The summed E-state index contributed by atoms with van der Waals surface area (Å²) in [5.74, 6) is 0.358. The summed E-state index contributed by atoms with van der Waals surface area (Å²) in [6.07, 6.45) is 3.78. The summed E-state index contributed by atoms with van der Waals surface area (Å²) in [6.45, 7) is 0. The number of carbonyl (C=O) groups excluding carboxylic acids is 1. The Hall–Kier alpha value is -1.55. The van der Waals surface area contributed by atoms with Gasteiger partial charge in [-0.25, -0.2) is 4.79 Å². The van der Waals surface area contributed by atoms with E-state index in [1.807, 2.05) is 30.3 Å². The molecule has 2 aliphatic carbocycles. The van der Waals surface area contributed by atoms with Crippen molar-refractivity contribution in [2.75, 3.05) is 0 Å². The number of aliphatic hydroxyl groups is 1. The topological polar surface area (TPSA) is 75.4 Å². The van der Waals surface area contributed by atoms with Crippen LogP contribution in [0.1, 0.15) is 37.4 Å². The summed E-state index contributed by atoms with van der Waals surface area (Å²) in [6, 6.07) is 9.66. The second-order valence-corrected chi connectivity index (χ2v) is 6.14. The Kier molecular flexibility index (Phi) is 2.97. The molecule has 1 spiro atoms. The van der Waals surface area contributed by atoms with E-state index >= 15 is 0 Å². The number of urea groups is 1. The lowest BCUT2D eigenvalue weighted by Crippen LogP contribution is -2.57. The van der Waals surface area contributed by atoms with Crippen LogP contribution in [-0.4, -0.2) is 17.2 Å². The Bertz CT molecular complexity index is 460. The molecule has 2 amide bonds. The molecule has 1 aromatic carbocycles. The van der Waals surface area contributed by atoms with Gasteiger partial charge in [0.25, 0.3) is 0 Å². The number of carbonyl (C=O) groups is 1. The molecule has 2 saturated carbocycles. The van der Waals surface area contributed by atoms with Gasteiger partial charge in [0.1, 0.15) is 0 Å². The summed E-state index contributed by atoms with van der Waals surface area (Å²) in [4.78, 5) is 10.7. The van der Waals surface area contributed by atoms with Gasteiger partial charge in [-0.05, 0) is 42.6 Å². The first kappa shape index (κ1) is 12.5. The number of benzene rings is 1. The van der Waals surface area contributed by atoms with Crippen molar-refractivity contribution in [2.45, 2.75) is 37.8 Å². The van der Waals surface area contributed by atoms with E-state index < -0.39 is 6.03 Å². The second-order valence-electron chi connectivity index (χ2n) is 6.14. The van der Waals surface area contributed by atoms with Gasteiger partial charge in [-0.3, -0.25) is 0 Å². The van der Waals surface area contributed by atoms with Crippen molar-refractivity contribution in [3.8, 4) is 0 Å². The van der Waals surface area contributed by atoms with Gasteiger partial charge in [-0.15, -0.1) is 0 Å². The van der Waals surface area contributed by atoms with E-state index in [4.69, 9.17) is 5.73 Å². The number of primary amides is 1. The van der Waals surface area contributed by atoms with Crippen LogP contribution in [0.2, 0.25) is 0 Å². The molecule has 0 aliphatic heterocycles. The van der Waals surface area contributed by atoms with E-state index in [-0.39, 0.29) is 12.1 Å². The maximum Gasteiger partial charge on any atom is 0.312 e. The molecule has 4 heteroatoms. The molecule has 2 fully saturated rings. The Morgan fingerprint density at radius 1 is 1.26 bits per heavy atom. The molecule has 4 nitrogen and oxygen atoms in total. The third kappa shape index (κ3) is 2.32. The highest BCUT2D eigenvalue weighted by molar-refractivity contribution is 5.72. The van der Waals surface area contributed by atoms with Crippen molar-refractivity contribution in [1.82, 2.24) is 5.32 Å². The fourth-order valence-corrected chi connectivity index (χ4v) is 3.82. The van der Waals surface area contributed by atoms with Crippen molar-refractivity contribution in [2.24, 2.45) is 17.1 Å². The van der Waals surface area contributed by atoms with Crippen LogP contribution in [0.25, 0.3) is 0 Å². The third-order valence-corrected chi connectivity index (χ3v) is 4.68. The van der Waals surface area contributed by atoms with Gasteiger partial charge in [0.15, 0.2) is 0 Å². The standard InChI is InChI=1S/C15H20N2O2/c16-14(19)17-12-8-15(9-12)6-11(7-15)13(18)10-4-2-1-3-5-10/h1-5,11-13,18H,6-9H2,(H3,16,17,19). The fraction of sp³-hybridized carbons (Fsp3) is 0.533. The van der Waals surface area contributed by atoms with E-state index in [0.717, 1.165) is 31.2 Å². The van der Waals surface area contributed by atoms with E-state index in [1.54, 1.807) is 0 Å². The Labute approximate surface area is 113 Å². The molecule has 19 heavy (non-hydrogen) atoms. The molecule has 0 radical (unpaired) electrons. The number of hydrogen-bond acceptors (Lipinski definition) is 2. The normalized spacial score (nSPS) is 34.2. The van der Waals surface area contributed by atoms with E-state index in [1.165, 1.54) is 0 Å². The van der Waals surface area contributed by atoms with Crippen molar-refractivity contribution < 1.29 is 9.90 Å². The average molecular weight is 260 g/mol. The van der Waals surface area contributed by atoms with Gasteiger partial charge < -0.3 is 16.2 Å². The van der Waals surface area contributed by atoms with Crippen LogP contribution in [0.4, 0.5) is 4.79 Å². The maximum atomic E-state index is 10.7. The lowest BCUT2D eigenvalue weighted by molar-refractivity contribution is -0.0938. The zero-order chi connectivity index (χ0) is 13.5. The smallest absolute Gasteiger partial charge is 0.312 e. The molecule has 0 heterocycles. The van der Waals surface area contributed by atoms with Crippen LogP contribution in [0, 0.1) is 11.3 Å². The molecule has 0 aromatic heterocycles. The SMILES string of the molecule is NC(=O)NC1CC2(C1)CC(C(O)c1ccccc1)C2. The summed E-state index contributed by atoms with van der Waals surface area (Å²) in [5.41, 5.74) is 6.47. The molecule has 3 rings (SSSR count). The zero-order valence-corrected chi connectivity index (χ0v) is 10.9. The summed E-state index contributed by atoms with van der Waals surface area (Å²) in [7, 11) is 0. The molecule has 1 unspecified atom stereocenters. The van der Waals surface area contributed by atoms with Crippen molar-refractivity contribution in [1.29, 1.82) is 0 Å². The Morgan fingerprint density at radius 2 is 1.89 bits per heavy atom. The second kappa shape index (κ2) is 4.53. The molecule has 4 N–H and O–H groups in total. The highest BCUT2D eigenvalue weighted by Gasteiger charge is 2.54. The average Bonchev–Trinajstić information content (AvgIpc) is 2.30. The third-order valence-electron chi connectivity index (χ3n) is 4.68. The van der Waals surface area contributed by atoms with Crippen LogP contribution in [0.15, 0.2) is 30.3 Å². The van der Waals surface area contributed by atoms with Crippen LogP contribution in [0.5, 0.6) is 0 Å². The molecule has 0 saturated heterocycles. The zero-order valence-electron chi connectivity index (χ0n) is 10.9. The van der Waals surface area contributed by atoms with Crippen LogP contribution in [-0.2, 0) is 0 Å². The largest absolute Gasteiger partial charge is 0.388 e. The molecular formula is C15H20N2O2. The number of nitrogens with two attached hydrogens (primary N) is 1. The van der Waals surface area contributed by atoms with Crippen molar-refractivity contribution >= 4 is 6.03 Å². The minimum atomic E-state index is -0.431. The van der Waals surface area contributed by atoms with Gasteiger partial charge in [-0.2, -0.15) is 0 Å². The number of aliphatic hydroxyl groups excluding tert-OH is 1. The van der Waals surface area contributed by atoms with Crippen LogP contribution in [0.3, 0.4) is 0 Å². The predicted octanol–water partition coefficient (Wildman–Crippen LogP) is 1.95. The highest BCUT2D eigenvalue weighted by atomic mass is 16.3. The highest BCUT2D eigenvalue weighted by Crippen LogP contribution is 2.61. The van der Waals surface area contributed by atoms with E-state index in [2.05, 4.69) is 5.32 Å². The number of nitrogens with one attached hydrogen (secondary N) is 1. The fourth-order valence-electron chi connectivity index (χ4n) is 3.82. The molecule has 0 bridgehead atoms. The minimum absolute atomic E-state index is 0.243. The number of hydrogen-bond donors (Lipinski definition) is 3. The number of rotatable bonds is 3. The summed E-state index contributed by atoms with van der Waals surface area (Å²) < 4.78 is 0. The molecule has 1 aromatic rings. The predicted molar refractivity (Wildman–Crippen MR) is 72.3 cm³/mol. The van der Waals surface area contributed by atoms with Gasteiger partial charge in [0.2, 0.25) is 0 Å². The lowest BCUT2D eigenvalue weighted by atomic mass is 9.49. The minimum Gasteiger partial charge on any atom is -0.388 e. The summed E-state index contributed by atoms with van der Waals surface area (Å²) >= 11 is 0. The first-order valence-corrected chi connectivity index (χ1v) is 6.87. The Balaban J connectivity index is 1.50. The van der Waals surface area contributed by atoms with Gasteiger partial charge in [-0.1, -0.05) is 30.3 Å². The molecule has 2 aliphatic rings. The molecule has 102 valence electrons. The van der Waals surface area contributed by atoms with Crippen LogP contribution < -0.4 is 11.1 Å². The lowest BCUT2D eigenvalue weighted by Gasteiger charge is -2.58. The van der Waals surface area contributed by atoms with E-state index in [0.29, 0.717) is 11.3 Å². The van der Waals surface area contributed by atoms with E-state index in [9.17, 15) is 9.90 Å². The Morgan fingerprint density at radius 3 is 2.47 bits per heavy atom. The first-order valence-electron chi connectivity index (χ1n) is 6.87. The monoisotopic (exact) mass is 260 g/mol. The maximum absolute atomic E-state index is 10.7. The molecular weight excluding hydrogens is 240 g/mol. The van der Waals surface area contributed by atoms with Crippen LogP contribution >= 0.6 is 0 Å². The summed E-state index contributed by atoms with van der Waals surface area (Å²) in [5, 5.41) is 13.1. The molecule has 1 atom stereocenters. The number of amides is 2. The van der Waals surface area contributed by atoms with Crippen molar-refractivity contribution in [3.05, 3.63) is 35.9 Å².